The fourth-order valence-corrected chi connectivity index (χ4v) is 1.23. The van der Waals surface area contributed by atoms with Crippen LogP contribution < -0.4 is 5.32 Å². The molecule has 13 heavy (non-hydrogen) atoms. The van der Waals surface area contributed by atoms with Gasteiger partial charge in [-0.05, 0) is 24.3 Å². The van der Waals surface area contributed by atoms with Gasteiger partial charge < -0.3 is 5.32 Å². The Morgan fingerprint density at radius 1 is 1.38 bits per heavy atom. The first-order chi connectivity index (χ1) is 6.40. The van der Waals surface area contributed by atoms with Crippen LogP contribution in [-0.2, 0) is 4.79 Å². The monoisotopic (exact) mass is 173 g/mol. The lowest BCUT2D eigenvalue weighted by molar-refractivity contribution is -0.105. The minimum Gasteiger partial charge on any atom is -0.329 e. The van der Waals surface area contributed by atoms with E-state index in [0.717, 1.165) is 16.6 Å². The maximum Gasteiger partial charge on any atom is 1.00 e. The van der Waals surface area contributed by atoms with Gasteiger partial charge in [0.15, 0.2) is 0 Å². The van der Waals surface area contributed by atoms with Gasteiger partial charge in [-0.2, -0.15) is 0 Å². The highest BCUT2D eigenvalue weighted by Gasteiger charge is 1.94. The van der Waals surface area contributed by atoms with Crippen LogP contribution in [0.1, 0.15) is 1.43 Å². The topological polar surface area (TPSA) is 42.0 Å². The van der Waals surface area contributed by atoms with E-state index < -0.39 is 0 Å². The molecule has 2 rings (SSSR count). The molecule has 64 valence electrons. The summed E-state index contributed by atoms with van der Waals surface area (Å²) < 4.78 is 0. The lowest BCUT2D eigenvalue weighted by Crippen LogP contribution is -1.92. The van der Waals surface area contributed by atoms with Crippen LogP contribution in [0.3, 0.4) is 0 Å². The SMILES string of the molecule is O=CNc1ccc2ncccc2c1.[H+]. The van der Waals surface area contributed by atoms with E-state index in [0.29, 0.717) is 6.41 Å². The summed E-state index contributed by atoms with van der Waals surface area (Å²) in [5, 5.41) is 3.61. The number of pyridine rings is 1. The van der Waals surface area contributed by atoms with Crippen molar-refractivity contribution in [2.24, 2.45) is 0 Å². The molecule has 1 N–H and O–H groups in total. The summed E-state index contributed by atoms with van der Waals surface area (Å²) in [5.74, 6) is 0. The Bertz CT molecular complexity index is 445. The summed E-state index contributed by atoms with van der Waals surface area (Å²) in [5.41, 5.74) is 1.72. The van der Waals surface area contributed by atoms with Crippen molar-refractivity contribution in [2.75, 3.05) is 5.32 Å². The van der Waals surface area contributed by atoms with Crippen molar-refractivity contribution in [3.63, 3.8) is 0 Å². The highest BCUT2D eigenvalue weighted by Crippen LogP contribution is 2.15. The first kappa shape index (κ1) is 7.73. The minimum atomic E-state index is 0. The van der Waals surface area contributed by atoms with Gasteiger partial charge in [-0.25, -0.2) is 0 Å². The van der Waals surface area contributed by atoms with Crippen LogP contribution in [0.15, 0.2) is 36.5 Å². The van der Waals surface area contributed by atoms with Crippen LogP contribution in [0.2, 0.25) is 0 Å². The van der Waals surface area contributed by atoms with Crippen LogP contribution in [0.4, 0.5) is 5.69 Å². The third kappa shape index (κ3) is 1.49. The number of nitrogens with one attached hydrogen (secondary N) is 1. The molecule has 1 aromatic carbocycles. The minimum absolute atomic E-state index is 0. The van der Waals surface area contributed by atoms with Crippen LogP contribution in [-0.4, -0.2) is 11.4 Å². The first-order valence-electron chi connectivity index (χ1n) is 3.95. The zero-order chi connectivity index (χ0) is 9.10. The smallest absolute Gasteiger partial charge is 0.329 e. The molecule has 0 saturated carbocycles. The molecule has 0 bridgehead atoms. The molecule has 0 unspecified atom stereocenters. The largest absolute Gasteiger partial charge is 1.00 e. The molecule has 0 atom stereocenters. The molecule has 1 aromatic heterocycles. The van der Waals surface area contributed by atoms with Gasteiger partial charge in [-0.15, -0.1) is 0 Å². The molecule has 0 spiro atoms. The Hall–Kier alpha value is -1.90. The van der Waals surface area contributed by atoms with Crippen molar-refractivity contribution in [1.82, 2.24) is 4.98 Å². The molecular formula is C10H9N2O+. The van der Waals surface area contributed by atoms with Gasteiger partial charge in [0.1, 0.15) is 0 Å². The summed E-state index contributed by atoms with van der Waals surface area (Å²) >= 11 is 0. The van der Waals surface area contributed by atoms with Crippen molar-refractivity contribution in [3.8, 4) is 0 Å². The van der Waals surface area contributed by atoms with Crippen LogP contribution >= 0.6 is 0 Å². The van der Waals surface area contributed by atoms with E-state index in [9.17, 15) is 4.79 Å². The summed E-state index contributed by atoms with van der Waals surface area (Å²) in [7, 11) is 0. The number of hydrogen-bond donors (Lipinski definition) is 1. The normalized spacial score (nSPS) is 9.85. The fourth-order valence-electron chi connectivity index (χ4n) is 1.23. The van der Waals surface area contributed by atoms with Gasteiger partial charge in [0.2, 0.25) is 6.41 Å². The second kappa shape index (κ2) is 3.23. The number of carbonyl (C=O) groups excluding carboxylic acids is 1. The van der Waals surface area contributed by atoms with Crippen molar-refractivity contribution in [3.05, 3.63) is 36.5 Å². The molecule has 2 aromatic rings. The lowest BCUT2D eigenvalue weighted by Gasteiger charge is -2.00. The lowest BCUT2D eigenvalue weighted by atomic mass is 10.2. The van der Waals surface area contributed by atoms with Gasteiger partial charge in [-0.3, -0.25) is 9.78 Å². The average molecular weight is 173 g/mol. The van der Waals surface area contributed by atoms with E-state index in [-0.39, 0.29) is 1.43 Å². The number of rotatable bonds is 2. The van der Waals surface area contributed by atoms with E-state index in [2.05, 4.69) is 10.3 Å². The summed E-state index contributed by atoms with van der Waals surface area (Å²) in [6.45, 7) is 0. The van der Waals surface area contributed by atoms with Crippen molar-refractivity contribution in [2.45, 2.75) is 0 Å². The van der Waals surface area contributed by atoms with E-state index in [1.807, 2.05) is 30.3 Å². The predicted octanol–water partition coefficient (Wildman–Crippen LogP) is 1.92. The van der Waals surface area contributed by atoms with E-state index in [1.165, 1.54) is 0 Å². The summed E-state index contributed by atoms with van der Waals surface area (Å²) in [4.78, 5) is 14.3. The van der Waals surface area contributed by atoms with Gasteiger partial charge in [-0.1, -0.05) is 6.07 Å². The average Bonchev–Trinajstić information content (AvgIpc) is 2.18. The molecule has 0 saturated heterocycles. The van der Waals surface area contributed by atoms with Crippen molar-refractivity contribution >= 4 is 23.0 Å². The van der Waals surface area contributed by atoms with Crippen molar-refractivity contribution < 1.29 is 6.22 Å². The number of nitrogens with zero attached hydrogens (tertiary/aromatic N) is 1. The number of amides is 1. The Kier molecular flexibility index (Phi) is 1.92. The molecular weight excluding hydrogens is 164 g/mol. The fraction of sp³-hybridized carbons (Fsp3) is 0. The third-order valence-electron chi connectivity index (χ3n) is 1.83. The second-order valence-electron chi connectivity index (χ2n) is 2.67. The summed E-state index contributed by atoms with van der Waals surface area (Å²) in [6, 6.07) is 9.41. The van der Waals surface area contributed by atoms with Crippen LogP contribution in [0, 0.1) is 0 Å². The molecule has 1 heterocycles. The number of hydrogen-bond acceptors (Lipinski definition) is 2. The van der Waals surface area contributed by atoms with Gasteiger partial charge >= 0.3 is 1.43 Å². The van der Waals surface area contributed by atoms with E-state index in [4.69, 9.17) is 0 Å². The quantitative estimate of drug-likeness (QED) is 0.705. The highest BCUT2D eigenvalue weighted by atomic mass is 16.1. The van der Waals surface area contributed by atoms with Gasteiger partial charge in [0.25, 0.3) is 0 Å². The molecule has 0 radical (unpaired) electrons. The Labute approximate surface area is 76.9 Å². The molecule has 0 aliphatic rings. The summed E-state index contributed by atoms with van der Waals surface area (Å²) in [6.07, 6.45) is 2.41. The highest BCUT2D eigenvalue weighted by molar-refractivity contribution is 5.84. The van der Waals surface area contributed by atoms with Gasteiger partial charge in [0, 0.05) is 17.3 Å². The standard InChI is InChI=1S/C10H8N2O/c13-7-12-9-3-4-10-8(6-9)2-1-5-11-10/h1-7H,(H,12,13)/p+1. The maximum atomic E-state index is 10.2. The predicted molar refractivity (Wildman–Crippen MR) is 52.5 cm³/mol. The molecule has 3 nitrogen and oxygen atoms in total. The zero-order valence-electron chi connectivity index (χ0n) is 7.90. The number of benzene rings is 1. The van der Waals surface area contributed by atoms with E-state index in [1.54, 1.807) is 6.20 Å². The number of carbonyl (C=O) groups is 1. The number of fused-ring (bicyclic) bond motifs is 1. The third-order valence-corrected chi connectivity index (χ3v) is 1.83. The molecule has 3 heteroatoms. The molecule has 1 amide bonds. The van der Waals surface area contributed by atoms with Crippen LogP contribution in [0.5, 0.6) is 0 Å². The first-order valence-corrected chi connectivity index (χ1v) is 3.95. The second-order valence-corrected chi connectivity index (χ2v) is 2.67. The Morgan fingerprint density at radius 3 is 3.15 bits per heavy atom. The number of anilines is 1. The molecule has 0 aliphatic heterocycles. The van der Waals surface area contributed by atoms with Crippen molar-refractivity contribution in [1.29, 1.82) is 0 Å². The Balaban J connectivity index is 0.000000980. The van der Waals surface area contributed by atoms with E-state index >= 15 is 0 Å². The molecule has 0 fully saturated rings. The van der Waals surface area contributed by atoms with Crippen LogP contribution in [0.25, 0.3) is 10.9 Å². The zero-order valence-corrected chi connectivity index (χ0v) is 6.90. The molecule has 0 aliphatic carbocycles. The van der Waals surface area contributed by atoms with Gasteiger partial charge in [0.05, 0.1) is 5.52 Å². The maximum absolute atomic E-state index is 10.2. The Morgan fingerprint density at radius 2 is 2.31 bits per heavy atom. The number of aromatic nitrogens is 1.